The monoisotopic (exact) mass is 350 g/mol. The summed E-state index contributed by atoms with van der Waals surface area (Å²) in [5, 5.41) is 15.7. The van der Waals surface area contributed by atoms with E-state index in [9.17, 15) is 9.59 Å². The quantitative estimate of drug-likeness (QED) is 0.673. The van der Waals surface area contributed by atoms with Crippen molar-refractivity contribution in [3.05, 3.63) is 66.0 Å². The van der Waals surface area contributed by atoms with Gasteiger partial charge in [0.1, 0.15) is 0 Å². The number of aromatic nitrogens is 3. The molecule has 1 aromatic heterocycles. The van der Waals surface area contributed by atoms with Crippen molar-refractivity contribution in [2.75, 3.05) is 17.7 Å². The maximum atomic E-state index is 12.3. The van der Waals surface area contributed by atoms with Gasteiger partial charge in [0.2, 0.25) is 0 Å². The van der Waals surface area contributed by atoms with Crippen LogP contribution in [-0.2, 0) is 0 Å². The van der Waals surface area contributed by atoms with Crippen LogP contribution in [0, 0.1) is 6.92 Å². The average molecular weight is 350 g/mol. The first-order valence-electron chi connectivity index (χ1n) is 7.95. The van der Waals surface area contributed by atoms with E-state index in [0.717, 1.165) is 11.3 Å². The summed E-state index contributed by atoms with van der Waals surface area (Å²) in [7, 11) is 1.54. The number of carbonyl (C=O) groups is 2. The van der Waals surface area contributed by atoms with E-state index in [0.29, 0.717) is 11.4 Å². The Balaban J connectivity index is 1.66. The fourth-order valence-electron chi connectivity index (χ4n) is 2.22. The van der Waals surface area contributed by atoms with Gasteiger partial charge in [0.15, 0.2) is 5.69 Å². The third kappa shape index (κ3) is 4.04. The molecule has 0 saturated carbocycles. The third-order valence-corrected chi connectivity index (χ3v) is 3.65. The number of urea groups is 1. The van der Waals surface area contributed by atoms with Crippen LogP contribution in [0.1, 0.15) is 16.1 Å². The van der Waals surface area contributed by atoms with Gasteiger partial charge in [-0.05, 0) is 43.3 Å². The summed E-state index contributed by atoms with van der Waals surface area (Å²) in [6, 6.07) is 14.2. The van der Waals surface area contributed by atoms with Gasteiger partial charge in [0.25, 0.3) is 5.91 Å². The molecule has 132 valence electrons. The zero-order valence-corrected chi connectivity index (χ0v) is 14.4. The molecule has 0 aliphatic heterocycles. The summed E-state index contributed by atoms with van der Waals surface area (Å²) in [6.07, 6.45) is 1.57. The van der Waals surface area contributed by atoms with Gasteiger partial charge in [0.05, 0.1) is 11.9 Å². The van der Waals surface area contributed by atoms with E-state index in [1.165, 1.54) is 7.05 Å². The number of benzene rings is 2. The van der Waals surface area contributed by atoms with E-state index in [1.54, 1.807) is 35.1 Å². The molecular formula is C18H18N6O2. The van der Waals surface area contributed by atoms with Gasteiger partial charge in [0, 0.05) is 18.4 Å². The van der Waals surface area contributed by atoms with Gasteiger partial charge in [-0.25, -0.2) is 9.48 Å². The molecule has 3 N–H and O–H groups in total. The van der Waals surface area contributed by atoms with Crippen molar-refractivity contribution in [2.45, 2.75) is 6.92 Å². The molecule has 0 spiro atoms. The minimum atomic E-state index is -0.365. The molecule has 0 unspecified atom stereocenters. The number of amides is 3. The molecule has 0 bridgehead atoms. The van der Waals surface area contributed by atoms with Crippen LogP contribution in [-0.4, -0.2) is 34.0 Å². The van der Waals surface area contributed by atoms with Gasteiger partial charge in [-0.1, -0.05) is 22.9 Å². The SMILES string of the molecule is CNC(=O)Nc1ccc(NC(=O)c2cn(-c3ccc(C)cc3)nn2)cc1. The Hall–Kier alpha value is -3.68. The molecule has 2 aromatic carbocycles. The van der Waals surface area contributed by atoms with Crippen molar-refractivity contribution in [3.63, 3.8) is 0 Å². The molecular weight excluding hydrogens is 332 g/mol. The number of carbonyl (C=O) groups excluding carboxylic acids is 2. The first-order valence-corrected chi connectivity index (χ1v) is 7.95. The van der Waals surface area contributed by atoms with Gasteiger partial charge >= 0.3 is 6.03 Å². The molecule has 0 atom stereocenters. The Labute approximate surface area is 150 Å². The predicted octanol–water partition coefficient (Wildman–Crippen LogP) is 2.58. The standard InChI is InChI=1S/C18H18N6O2/c1-12-3-9-15(10-4-12)24-11-16(22-23-24)17(25)20-13-5-7-14(8-6-13)21-18(26)19-2/h3-11H,1-2H3,(H,20,25)(H2,19,21,26). The highest BCUT2D eigenvalue weighted by atomic mass is 16.2. The molecule has 0 aliphatic rings. The number of nitrogens with one attached hydrogen (secondary N) is 3. The molecule has 26 heavy (non-hydrogen) atoms. The lowest BCUT2D eigenvalue weighted by molar-refractivity contribution is 0.102. The average Bonchev–Trinajstić information content (AvgIpc) is 3.14. The van der Waals surface area contributed by atoms with Crippen LogP contribution < -0.4 is 16.0 Å². The summed E-state index contributed by atoms with van der Waals surface area (Å²) in [4.78, 5) is 23.6. The largest absolute Gasteiger partial charge is 0.341 e. The fraction of sp³-hybridized carbons (Fsp3) is 0.111. The Bertz CT molecular complexity index is 916. The van der Waals surface area contributed by atoms with E-state index in [1.807, 2.05) is 31.2 Å². The second-order valence-corrected chi connectivity index (χ2v) is 5.62. The molecule has 0 aliphatic carbocycles. The first kappa shape index (κ1) is 17.2. The molecule has 0 saturated heterocycles. The summed E-state index contributed by atoms with van der Waals surface area (Å²) >= 11 is 0. The summed E-state index contributed by atoms with van der Waals surface area (Å²) in [5.74, 6) is -0.365. The minimum absolute atomic E-state index is 0.207. The molecule has 3 amide bonds. The zero-order chi connectivity index (χ0) is 18.5. The smallest absolute Gasteiger partial charge is 0.318 e. The Morgan fingerprint density at radius 2 is 1.54 bits per heavy atom. The van der Waals surface area contributed by atoms with Crippen LogP contribution in [0.4, 0.5) is 16.2 Å². The van der Waals surface area contributed by atoms with Gasteiger partial charge in [-0.15, -0.1) is 5.10 Å². The highest BCUT2D eigenvalue weighted by Gasteiger charge is 2.12. The lowest BCUT2D eigenvalue weighted by Gasteiger charge is -2.06. The highest BCUT2D eigenvalue weighted by molar-refractivity contribution is 6.02. The van der Waals surface area contributed by atoms with Crippen molar-refractivity contribution >= 4 is 23.3 Å². The molecule has 3 aromatic rings. The minimum Gasteiger partial charge on any atom is -0.341 e. The summed E-state index contributed by atoms with van der Waals surface area (Å²) < 4.78 is 1.55. The van der Waals surface area contributed by atoms with Crippen molar-refractivity contribution in [3.8, 4) is 5.69 Å². The zero-order valence-electron chi connectivity index (χ0n) is 14.4. The lowest BCUT2D eigenvalue weighted by atomic mass is 10.2. The topological polar surface area (TPSA) is 101 Å². The van der Waals surface area contributed by atoms with E-state index < -0.39 is 0 Å². The number of hydrogen-bond acceptors (Lipinski definition) is 4. The number of nitrogens with zero attached hydrogens (tertiary/aromatic N) is 3. The van der Waals surface area contributed by atoms with Crippen LogP contribution in [0.15, 0.2) is 54.7 Å². The summed E-state index contributed by atoms with van der Waals surface area (Å²) in [6.45, 7) is 2.00. The van der Waals surface area contributed by atoms with E-state index in [-0.39, 0.29) is 17.6 Å². The van der Waals surface area contributed by atoms with Gasteiger partial charge in [-0.3, -0.25) is 4.79 Å². The number of hydrogen-bond donors (Lipinski definition) is 3. The van der Waals surface area contributed by atoms with E-state index in [2.05, 4.69) is 26.3 Å². The molecule has 8 nitrogen and oxygen atoms in total. The van der Waals surface area contributed by atoms with E-state index in [4.69, 9.17) is 0 Å². The Kier molecular flexibility index (Phi) is 4.93. The molecule has 0 fully saturated rings. The maximum absolute atomic E-state index is 12.3. The van der Waals surface area contributed by atoms with Gasteiger partial charge < -0.3 is 16.0 Å². The molecule has 1 heterocycles. The number of aryl methyl sites for hydroxylation is 1. The second kappa shape index (κ2) is 7.47. The Morgan fingerprint density at radius 1 is 0.923 bits per heavy atom. The highest BCUT2D eigenvalue weighted by Crippen LogP contribution is 2.15. The Morgan fingerprint density at radius 3 is 2.15 bits per heavy atom. The van der Waals surface area contributed by atoms with Crippen molar-refractivity contribution in [2.24, 2.45) is 0 Å². The van der Waals surface area contributed by atoms with Gasteiger partial charge in [-0.2, -0.15) is 0 Å². The third-order valence-electron chi connectivity index (χ3n) is 3.65. The predicted molar refractivity (Wildman–Crippen MR) is 98.6 cm³/mol. The van der Waals surface area contributed by atoms with Crippen LogP contribution in [0.3, 0.4) is 0 Å². The first-order chi connectivity index (χ1) is 12.5. The molecule has 3 rings (SSSR count). The lowest BCUT2D eigenvalue weighted by Crippen LogP contribution is -2.24. The van der Waals surface area contributed by atoms with Crippen molar-refractivity contribution in [1.29, 1.82) is 0 Å². The van der Waals surface area contributed by atoms with Crippen LogP contribution in [0.2, 0.25) is 0 Å². The maximum Gasteiger partial charge on any atom is 0.318 e. The van der Waals surface area contributed by atoms with Crippen LogP contribution >= 0.6 is 0 Å². The molecule has 8 heteroatoms. The number of anilines is 2. The fourth-order valence-corrected chi connectivity index (χ4v) is 2.22. The summed E-state index contributed by atoms with van der Waals surface area (Å²) in [5.41, 5.74) is 3.38. The molecule has 0 radical (unpaired) electrons. The number of rotatable bonds is 4. The van der Waals surface area contributed by atoms with E-state index >= 15 is 0 Å². The second-order valence-electron chi connectivity index (χ2n) is 5.62. The van der Waals surface area contributed by atoms with Crippen LogP contribution in [0.5, 0.6) is 0 Å². The van der Waals surface area contributed by atoms with Crippen molar-refractivity contribution < 1.29 is 9.59 Å². The normalized spacial score (nSPS) is 10.2. The van der Waals surface area contributed by atoms with Crippen molar-refractivity contribution in [1.82, 2.24) is 20.3 Å². The van der Waals surface area contributed by atoms with Crippen LogP contribution in [0.25, 0.3) is 5.69 Å².